The van der Waals surface area contributed by atoms with Crippen molar-refractivity contribution in [1.29, 1.82) is 0 Å². The van der Waals surface area contributed by atoms with Gasteiger partial charge in [0.05, 0.1) is 12.0 Å². The molecular formula is C31H35F3N6O6S. The molecule has 0 radical (unpaired) electrons. The van der Waals surface area contributed by atoms with Gasteiger partial charge < -0.3 is 14.6 Å². The van der Waals surface area contributed by atoms with E-state index >= 15 is 0 Å². The van der Waals surface area contributed by atoms with Crippen LogP contribution in [0.5, 0.6) is 5.88 Å². The average molecular weight is 677 g/mol. The molecule has 16 heteroatoms. The highest BCUT2D eigenvalue weighted by atomic mass is 32.2. The zero-order chi connectivity index (χ0) is 34.3. The molecule has 0 spiro atoms. The van der Waals surface area contributed by atoms with Gasteiger partial charge in [0.1, 0.15) is 11.5 Å². The lowest BCUT2D eigenvalue weighted by Gasteiger charge is -2.32. The van der Waals surface area contributed by atoms with Crippen molar-refractivity contribution in [2.75, 3.05) is 26.4 Å². The van der Waals surface area contributed by atoms with Crippen LogP contribution < -0.4 is 4.74 Å². The largest absolute Gasteiger partial charge is 0.481 e. The number of nitrogens with zero attached hydrogens (tertiary/aromatic N) is 6. The van der Waals surface area contributed by atoms with E-state index in [-0.39, 0.29) is 42.7 Å². The van der Waals surface area contributed by atoms with Gasteiger partial charge in [0.15, 0.2) is 5.65 Å². The third-order valence-electron chi connectivity index (χ3n) is 8.32. The van der Waals surface area contributed by atoms with Crippen LogP contribution >= 0.6 is 0 Å². The lowest BCUT2D eigenvalue weighted by molar-refractivity contribution is -0.147. The number of fused-ring (bicyclic) bond motifs is 2. The number of aryl methyl sites for hydroxylation is 3. The molecule has 0 bridgehead atoms. The van der Waals surface area contributed by atoms with Crippen LogP contribution in [0.3, 0.4) is 0 Å². The molecule has 4 aromatic rings. The van der Waals surface area contributed by atoms with Crippen LogP contribution in [0.1, 0.15) is 65.5 Å². The second-order valence-electron chi connectivity index (χ2n) is 12.1. The molecule has 0 unspecified atom stereocenters. The number of carboxylic acid groups (broad SMARTS) is 1. The number of alkyl halides is 3. The first-order valence-corrected chi connectivity index (χ1v) is 16.2. The molecule has 4 aromatic heterocycles. The lowest BCUT2D eigenvalue weighted by Crippen LogP contribution is -2.34. The van der Waals surface area contributed by atoms with Gasteiger partial charge in [0, 0.05) is 49.9 Å². The minimum Gasteiger partial charge on any atom is -0.481 e. The van der Waals surface area contributed by atoms with E-state index in [4.69, 9.17) is 9.47 Å². The summed E-state index contributed by atoms with van der Waals surface area (Å²) in [4.78, 5) is 21.4. The number of aromatic nitrogens is 5. The summed E-state index contributed by atoms with van der Waals surface area (Å²) >= 11 is 0. The monoisotopic (exact) mass is 676 g/mol. The summed E-state index contributed by atoms with van der Waals surface area (Å²) in [6, 6.07) is 4.58. The first kappa shape index (κ1) is 34.2. The predicted molar refractivity (Wildman–Crippen MR) is 162 cm³/mol. The Morgan fingerprint density at radius 1 is 1.06 bits per heavy atom. The first-order valence-electron chi connectivity index (χ1n) is 14.8. The highest BCUT2D eigenvalue weighted by Crippen LogP contribution is 2.43. The number of pyridine rings is 3. The molecular weight excluding hydrogens is 641 g/mol. The van der Waals surface area contributed by atoms with Crippen molar-refractivity contribution in [3.05, 3.63) is 76.1 Å². The summed E-state index contributed by atoms with van der Waals surface area (Å²) in [5.74, 6) is -3.37. The number of ether oxygens (including phenoxy) is 2. The Kier molecular flexibility index (Phi) is 9.32. The molecule has 0 saturated carbocycles. The quantitative estimate of drug-likeness (QED) is 0.305. The van der Waals surface area contributed by atoms with Crippen LogP contribution in [0.4, 0.5) is 13.2 Å². The Bertz CT molecular complexity index is 1930. The molecule has 252 valence electrons. The van der Waals surface area contributed by atoms with E-state index in [2.05, 4.69) is 20.2 Å². The molecule has 0 amide bonds. The van der Waals surface area contributed by atoms with Gasteiger partial charge in [-0.25, -0.2) is 13.4 Å². The molecule has 0 aromatic carbocycles. The molecule has 5 heterocycles. The second kappa shape index (κ2) is 12.8. The minimum atomic E-state index is -4.75. The third-order valence-corrected chi connectivity index (χ3v) is 10.2. The molecule has 1 aliphatic rings. The molecule has 0 saturated heterocycles. The number of hydrogen-bond acceptors (Lipinski definition) is 9. The van der Waals surface area contributed by atoms with E-state index in [1.54, 1.807) is 26.8 Å². The Morgan fingerprint density at radius 3 is 2.51 bits per heavy atom. The van der Waals surface area contributed by atoms with E-state index < -0.39 is 39.3 Å². The molecule has 1 atom stereocenters. The summed E-state index contributed by atoms with van der Waals surface area (Å²) in [6.45, 7) is 8.76. The summed E-state index contributed by atoms with van der Waals surface area (Å²) in [5.41, 5.74) is 1.24. The van der Waals surface area contributed by atoms with E-state index in [9.17, 15) is 31.5 Å². The van der Waals surface area contributed by atoms with Gasteiger partial charge in [-0.2, -0.15) is 17.5 Å². The third kappa shape index (κ3) is 6.67. The Labute approximate surface area is 269 Å². The maximum Gasteiger partial charge on any atom is 0.452 e. The number of rotatable bonds is 6. The maximum absolute atomic E-state index is 14.1. The van der Waals surface area contributed by atoms with Crippen molar-refractivity contribution in [2.24, 2.45) is 5.41 Å². The Hall–Kier alpha value is -4.15. The summed E-state index contributed by atoms with van der Waals surface area (Å²) in [7, 11) is -4.14. The average Bonchev–Trinajstić information content (AvgIpc) is 3.44. The number of carboxylic acids is 1. The van der Waals surface area contributed by atoms with E-state index in [1.165, 1.54) is 48.9 Å². The fourth-order valence-electron chi connectivity index (χ4n) is 5.64. The molecule has 1 N–H and O–H groups in total. The van der Waals surface area contributed by atoms with Gasteiger partial charge in [0.25, 0.3) is 0 Å². The van der Waals surface area contributed by atoms with E-state index in [1.807, 2.05) is 0 Å². The van der Waals surface area contributed by atoms with Crippen molar-refractivity contribution in [1.82, 2.24) is 28.9 Å². The first-order chi connectivity index (χ1) is 22.0. The fourth-order valence-corrected chi connectivity index (χ4v) is 7.26. The number of carbonyl (C=O) groups is 1. The minimum absolute atomic E-state index is 0.0328. The van der Waals surface area contributed by atoms with Gasteiger partial charge in [0.2, 0.25) is 21.7 Å². The number of sulfonamides is 1. The zero-order valence-corrected chi connectivity index (χ0v) is 27.3. The van der Waals surface area contributed by atoms with E-state index in [0.717, 1.165) is 4.40 Å². The van der Waals surface area contributed by atoms with Crippen molar-refractivity contribution in [3.8, 4) is 5.88 Å². The number of halogens is 3. The summed E-state index contributed by atoms with van der Waals surface area (Å²) in [5, 5.41) is 17.4. The molecule has 47 heavy (non-hydrogen) atoms. The lowest BCUT2D eigenvalue weighted by atomic mass is 9.71. The van der Waals surface area contributed by atoms with Gasteiger partial charge in [-0.15, -0.1) is 10.2 Å². The highest BCUT2D eigenvalue weighted by molar-refractivity contribution is 7.89. The van der Waals surface area contributed by atoms with Crippen LogP contribution in [0, 0.1) is 26.2 Å². The predicted octanol–water partition coefficient (Wildman–Crippen LogP) is 4.70. The van der Waals surface area contributed by atoms with Gasteiger partial charge in [-0.3, -0.25) is 14.2 Å². The summed E-state index contributed by atoms with van der Waals surface area (Å²) < 4.78 is 82.4. The molecule has 5 rings (SSSR count). The van der Waals surface area contributed by atoms with Crippen molar-refractivity contribution >= 4 is 21.6 Å². The van der Waals surface area contributed by atoms with Crippen LogP contribution in [-0.4, -0.2) is 74.7 Å². The Morgan fingerprint density at radius 2 is 1.81 bits per heavy atom. The zero-order valence-electron chi connectivity index (χ0n) is 26.5. The fraction of sp³-hybridized carbons (Fsp3) is 0.452. The second-order valence-corrected chi connectivity index (χ2v) is 14.0. The van der Waals surface area contributed by atoms with Crippen molar-refractivity contribution < 1.29 is 41.0 Å². The van der Waals surface area contributed by atoms with E-state index in [0.29, 0.717) is 46.5 Å². The van der Waals surface area contributed by atoms with Crippen LogP contribution in [-0.2, 0) is 32.3 Å². The van der Waals surface area contributed by atoms with Crippen LogP contribution in [0.25, 0.3) is 5.65 Å². The van der Waals surface area contributed by atoms with Crippen molar-refractivity contribution in [2.45, 2.75) is 64.6 Å². The Balaban J connectivity index is 1.62. The van der Waals surface area contributed by atoms with Gasteiger partial charge in [-0.05, 0) is 87.1 Å². The maximum atomic E-state index is 14.1. The molecule has 0 aliphatic carbocycles. The van der Waals surface area contributed by atoms with Crippen molar-refractivity contribution in [3.63, 3.8) is 0 Å². The highest BCUT2D eigenvalue weighted by Gasteiger charge is 2.42. The number of hydrogen-bond donors (Lipinski definition) is 1. The number of aliphatic carboxylic acids is 1. The summed E-state index contributed by atoms with van der Waals surface area (Å²) in [6.07, 6.45) is -0.132. The molecule has 1 aliphatic heterocycles. The van der Waals surface area contributed by atoms with Crippen LogP contribution in [0.2, 0.25) is 0 Å². The van der Waals surface area contributed by atoms with Gasteiger partial charge in [-0.1, -0.05) is 0 Å². The standard InChI is InChI=1S/C31H35F3N6O6S/c1-18-13-24-27(36-15-18)46-12-11-45-10-6-8-39(47(24,43)44)17-21-14-23(35-16-19(21)2)25(30(4,5)29(41)42)22-7-9-40-26(20(22)3)37-38-28(40)31(32,33)34/h7,9,13-16,25H,6,8,10-12,17H2,1-5H3,(H,41,42)/t25-/m1/s1. The van der Waals surface area contributed by atoms with Crippen LogP contribution in [0.15, 0.2) is 41.7 Å². The smallest absolute Gasteiger partial charge is 0.452 e. The normalized spacial score (nSPS) is 17.0. The topological polar surface area (TPSA) is 149 Å². The van der Waals surface area contributed by atoms with Gasteiger partial charge >= 0.3 is 12.1 Å². The molecule has 0 fully saturated rings. The molecule has 12 nitrogen and oxygen atoms in total. The SMILES string of the molecule is Cc1cnc2c(c1)S(=O)(=O)N(Cc1cc([C@@H](c3ccn4c(C(F)(F)F)nnc4c3C)C(C)(C)C(=O)O)ncc1C)CCCOCCO2.